The average Bonchev–Trinajstić information content (AvgIpc) is 2.37. The first-order chi connectivity index (χ1) is 9.03. The number of nitrogens with one attached hydrogen (secondary N) is 1. The van der Waals surface area contributed by atoms with Crippen molar-refractivity contribution >= 4 is 0 Å². The van der Waals surface area contributed by atoms with Crippen LogP contribution in [0.2, 0.25) is 0 Å². The van der Waals surface area contributed by atoms with Gasteiger partial charge in [-0.15, -0.1) is 0 Å². The summed E-state index contributed by atoms with van der Waals surface area (Å²) in [6.07, 6.45) is 5.16. The predicted molar refractivity (Wildman–Crippen MR) is 75.1 cm³/mol. The molecule has 0 aromatic carbocycles. The first kappa shape index (κ1) is 13.5. The number of nitrogens with zero attached hydrogens (tertiary/aromatic N) is 2. The van der Waals surface area contributed by atoms with E-state index in [1.165, 1.54) is 0 Å². The van der Waals surface area contributed by atoms with Crippen molar-refractivity contribution in [3.63, 3.8) is 0 Å². The maximum Gasteiger partial charge on any atom is 0.145 e. The molecule has 0 aliphatic heterocycles. The number of hydrogen-bond acceptors (Lipinski definition) is 4. The van der Waals surface area contributed by atoms with E-state index in [0.717, 1.165) is 17.2 Å². The van der Waals surface area contributed by atoms with Crippen molar-refractivity contribution in [2.75, 3.05) is 0 Å². The minimum atomic E-state index is 0.0713. The van der Waals surface area contributed by atoms with Crippen LogP contribution in [0.25, 0.3) is 0 Å². The van der Waals surface area contributed by atoms with E-state index >= 15 is 0 Å². The van der Waals surface area contributed by atoms with Crippen molar-refractivity contribution in [3.05, 3.63) is 48.5 Å². The topological polar surface area (TPSA) is 47.0 Å². The molecule has 0 spiro atoms. The van der Waals surface area contributed by atoms with Crippen LogP contribution in [0.1, 0.15) is 26.5 Å². The molecule has 1 N–H and O–H groups in total. The fourth-order valence-corrected chi connectivity index (χ4v) is 1.52. The van der Waals surface area contributed by atoms with Gasteiger partial charge in [0, 0.05) is 30.5 Å². The van der Waals surface area contributed by atoms with Gasteiger partial charge in [-0.3, -0.25) is 9.97 Å². The van der Waals surface area contributed by atoms with Gasteiger partial charge < -0.3 is 10.1 Å². The summed E-state index contributed by atoms with van der Waals surface area (Å²) in [5.41, 5.74) is 1.03. The van der Waals surface area contributed by atoms with Crippen LogP contribution < -0.4 is 10.1 Å². The standard InChI is InChI=1S/C15H19N3O/c1-15(2,3)18-10-12-9-13(6-8-17-12)19-14-5-4-7-16-11-14/h4-9,11,18H,10H2,1-3H3. The molecule has 0 atom stereocenters. The third-order valence-corrected chi connectivity index (χ3v) is 2.46. The van der Waals surface area contributed by atoms with Crippen LogP contribution in [0.4, 0.5) is 0 Å². The lowest BCUT2D eigenvalue weighted by Crippen LogP contribution is -2.35. The van der Waals surface area contributed by atoms with Gasteiger partial charge in [0.1, 0.15) is 11.5 Å². The van der Waals surface area contributed by atoms with E-state index in [-0.39, 0.29) is 5.54 Å². The predicted octanol–water partition coefficient (Wildman–Crippen LogP) is 3.16. The van der Waals surface area contributed by atoms with E-state index in [1.807, 2.05) is 24.3 Å². The van der Waals surface area contributed by atoms with E-state index in [9.17, 15) is 0 Å². The van der Waals surface area contributed by atoms with Crippen molar-refractivity contribution in [3.8, 4) is 11.5 Å². The molecule has 0 bridgehead atoms. The van der Waals surface area contributed by atoms with E-state index in [4.69, 9.17) is 4.74 Å². The van der Waals surface area contributed by atoms with Crippen molar-refractivity contribution in [1.82, 2.24) is 15.3 Å². The summed E-state index contributed by atoms with van der Waals surface area (Å²) in [7, 11) is 0. The van der Waals surface area contributed by atoms with Crippen LogP contribution in [0.3, 0.4) is 0 Å². The monoisotopic (exact) mass is 257 g/mol. The van der Waals surface area contributed by atoms with Gasteiger partial charge >= 0.3 is 0 Å². The molecule has 0 aliphatic rings. The Morgan fingerprint density at radius 3 is 2.68 bits per heavy atom. The summed E-state index contributed by atoms with van der Waals surface area (Å²) in [4.78, 5) is 8.34. The third-order valence-electron chi connectivity index (χ3n) is 2.46. The highest BCUT2D eigenvalue weighted by molar-refractivity contribution is 5.29. The summed E-state index contributed by atoms with van der Waals surface area (Å²) < 4.78 is 5.72. The van der Waals surface area contributed by atoms with Crippen molar-refractivity contribution in [2.45, 2.75) is 32.9 Å². The van der Waals surface area contributed by atoms with Crippen LogP contribution >= 0.6 is 0 Å². The molecule has 0 amide bonds. The van der Waals surface area contributed by atoms with Crippen molar-refractivity contribution < 1.29 is 4.74 Å². The Kier molecular flexibility index (Phi) is 4.12. The van der Waals surface area contributed by atoms with Crippen molar-refractivity contribution in [2.24, 2.45) is 0 Å². The molecule has 100 valence electrons. The minimum Gasteiger partial charge on any atom is -0.456 e. The van der Waals surface area contributed by atoms with Crippen LogP contribution in [-0.2, 0) is 6.54 Å². The Balaban J connectivity index is 2.03. The lowest BCUT2D eigenvalue weighted by molar-refractivity contribution is 0.419. The molecule has 0 radical (unpaired) electrons. The Morgan fingerprint density at radius 2 is 2.00 bits per heavy atom. The minimum absolute atomic E-state index is 0.0713. The molecule has 0 saturated heterocycles. The molecule has 2 heterocycles. The highest BCUT2D eigenvalue weighted by Gasteiger charge is 2.09. The maximum absolute atomic E-state index is 5.72. The van der Waals surface area contributed by atoms with Crippen LogP contribution in [0.5, 0.6) is 11.5 Å². The molecule has 19 heavy (non-hydrogen) atoms. The smallest absolute Gasteiger partial charge is 0.145 e. The number of pyridine rings is 2. The van der Waals surface area contributed by atoms with Gasteiger partial charge in [-0.05, 0) is 39.0 Å². The van der Waals surface area contributed by atoms with E-state index in [2.05, 4.69) is 36.1 Å². The Hall–Kier alpha value is -1.94. The molecule has 4 nitrogen and oxygen atoms in total. The Morgan fingerprint density at radius 1 is 1.16 bits per heavy atom. The Labute approximate surface area is 113 Å². The molecular formula is C15H19N3O. The second-order valence-corrected chi connectivity index (χ2v) is 5.38. The number of ether oxygens (including phenoxy) is 1. The van der Waals surface area contributed by atoms with Gasteiger partial charge in [-0.1, -0.05) is 0 Å². The molecule has 0 unspecified atom stereocenters. The highest BCUT2D eigenvalue weighted by Crippen LogP contribution is 2.20. The first-order valence-corrected chi connectivity index (χ1v) is 6.31. The zero-order valence-corrected chi connectivity index (χ0v) is 11.6. The fourth-order valence-electron chi connectivity index (χ4n) is 1.52. The fraction of sp³-hybridized carbons (Fsp3) is 0.333. The number of aromatic nitrogens is 2. The van der Waals surface area contributed by atoms with Crippen LogP contribution in [-0.4, -0.2) is 15.5 Å². The highest BCUT2D eigenvalue weighted by atomic mass is 16.5. The lowest BCUT2D eigenvalue weighted by atomic mass is 10.1. The zero-order valence-electron chi connectivity index (χ0n) is 11.6. The van der Waals surface area contributed by atoms with E-state index < -0.39 is 0 Å². The number of rotatable bonds is 4. The summed E-state index contributed by atoms with van der Waals surface area (Å²) in [5, 5.41) is 3.40. The van der Waals surface area contributed by atoms with Gasteiger partial charge in [-0.25, -0.2) is 0 Å². The largest absolute Gasteiger partial charge is 0.456 e. The molecule has 2 aromatic heterocycles. The van der Waals surface area contributed by atoms with E-state index in [0.29, 0.717) is 6.54 Å². The third kappa shape index (κ3) is 4.67. The van der Waals surface area contributed by atoms with Gasteiger partial charge in [0.05, 0.1) is 11.9 Å². The molecule has 2 aromatic rings. The van der Waals surface area contributed by atoms with Crippen LogP contribution in [0.15, 0.2) is 42.9 Å². The molecule has 2 rings (SSSR count). The summed E-state index contributed by atoms with van der Waals surface area (Å²) in [6, 6.07) is 7.50. The number of hydrogen-bond donors (Lipinski definition) is 1. The maximum atomic E-state index is 5.72. The molecule has 0 aliphatic carbocycles. The van der Waals surface area contributed by atoms with E-state index in [1.54, 1.807) is 18.6 Å². The Bertz CT molecular complexity index is 520. The summed E-state index contributed by atoms with van der Waals surface area (Å²) >= 11 is 0. The normalized spacial score (nSPS) is 11.3. The van der Waals surface area contributed by atoms with Gasteiger partial charge in [0.25, 0.3) is 0 Å². The molecule has 4 heteroatoms. The van der Waals surface area contributed by atoms with Gasteiger partial charge in [-0.2, -0.15) is 0 Å². The second-order valence-electron chi connectivity index (χ2n) is 5.38. The average molecular weight is 257 g/mol. The zero-order chi connectivity index (χ0) is 13.7. The van der Waals surface area contributed by atoms with Gasteiger partial charge in [0.15, 0.2) is 0 Å². The molecular weight excluding hydrogens is 238 g/mol. The lowest BCUT2D eigenvalue weighted by Gasteiger charge is -2.20. The quantitative estimate of drug-likeness (QED) is 0.914. The SMILES string of the molecule is CC(C)(C)NCc1cc(Oc2cccnc2)ccn1. The van der Waals surface area contributed by atoms with Gasteiger partial charge in [0.2, 0.25) is 0 Å². The summed E-state index contributed by atoms with van der Waals surface area (Å²) in [5.74, 6) is 1.50. The summed E-state index contributed by atoms with van der Waals surface area (Å²) in [6.45, 7) is 7.10. The van der Waals surface area contributed by atoms with Crippen LogP contribution in [0, 0.1) is 0 Å². The molecule has 0 saturated carbocycles. The first-order valence-electron chi connectivity index (χ1n) is 6.31. The second kappa shape index (κ2) is 5.80. The molecule has 0 fully saturated rings. The van der Waals surface area contributed by atoms with Crippen molar-refractivity contribution in [1.29, 1.82) is 0 Å².